The molecule has 1 fully saturated rings. The lowest BCUT2D eigenvalue weighted by Gasteiger charge is -2.28. The molecule has 144 valence electrons. The zero-order valence-corrected chi connectivity index (χ0v) is 16.6. The first-order valence-corrected chi connectivity index (χ1v) is 10.1. The topological polar surface area (TPSA) is 94.3 Å². The molecule has 2 aromatic rings. The van der Waals surface area contributed by atoms with E-state index >= 15 is 0 Å². The number of carbonyl (C=O) groups is 2. The molecule has 1 aliphatic carbocycles. The van der Waals surface area contributed by atoms with E-state index in [1.54, 1.807) is 12.1 Å². The number of methoxy groups -OCH3 is 1. The van der Waals surface area contributed by atoms with Crippen LogP contribution in [0.15, 0.2) is 24.3 Å². The van der Waals surface area contributed by atoms with Gasteiger partial charge in [-0.1, -0.05) is 54.3 Å². The molecule has 1 amide bonds. The molecule has 1 aliphatic rings. The maximum absolute atomic E-state index is 12.8. The van der Waals surface area contributed by atoms with Gasteiger partial charge in [0, 0.05) is 10.6 Å². The fraction of sp³-hybridized carbons (Fsp3) is 0.421. The molecule has 0 radical (unpaired) electrons. The Morgan fingerprint density at radius 1 is 1.26 bits per heavy atom. The Hall–Kier alpha value is -2.12. The highest BCUT2D eigenvalue weighted by Crippen LogP contribution is 2.31. The Kier molecular flexibility index (Phi) is 6.34. The molecule has 0 unspecified atom stereocenters. The predicted octanol–water partition coefficient (Wildman–Crippen LogP) is 3.90. The number of thiazole rings is 1. The highest BCUT2D eigenvalue weighted by molar-refractivity contribution is 7.19. The summed E-state index contributed by atoms with van der Waals surface area (Å²) in [6.07, 6.45) is 5.04. The van der Waals surface area contributed by atoms with E-state index in [0.717, 1.165) is 37.7 Å². The van der Waals surface area contributed by atoms with E-state index < -0.39 is 17.9 Å². The first-order valence-electron chi connectivity index (χ1n) is 8.90. The molecule has 8 heteroatoms. The zero-order chi connectivity index (χ0) is 19.4. The van der Waals surface area contributed by atoms with Crippen molar-refractivity contribution in [2.24, 2.45) is 5.92 Å². The van der Waals surface area contributed by atoms with Gasteiger partial charge in [0.15, 0.2) is 5.69 Å². The van der Waals surface area contributed by atoms with Crippen molar-refractivity contribution in [2.45, 2.75) is 38.1 Å². The Morgan fingerprint density at radius 2 is 1.93 bits per heavy atom. The first kappa shape index (κ1) is 19.6. The molecule has 0 saturated heterocycles. The van der Waals surface area contributed by atoms with Crippen LogP contribution >= 0.6 is 22.9 Å². The summed E-state index contributed by atoms with van der Waals surface area (Å²) >= 11 is 7.14. The molecule has 1 heterocycles. The van der Waals surface area contributed by atoms with Gasteiger partial charge in [0.1, 0.15) is 16.1 Å². The number of nitrogen functional groups attached to an aromatic ring is 1. The molecule has 3 N–H and O–H groups in total. The Bertz CT molecular complexity index is 816. The third-order valence-corrected chi connectivity index (χ3v) is 6.01. The molecule has 0 bridgehead atoms. The monoisotopic (exact) mass is 407 g/mol. The lowest BCUT2D eigenvalue weighted by molar-refractivity contribution is -0.144. The van der Waals surface area contributed by atoms with E-state index in [9.17, 15) is 9.59 Å². The van der Waals surface area contributed by atoms with Gasteiger partial charge < -0.3 is 15.8 Å². The van der Waals surface area contributed by atoms with Crippen molar-refractivity contribution in [1.82, 2.24) is 10.3 Å². The van der Waals surface area contributed by atoms with Gasteiger partial charge in [-0.05, 0) is 30.9 Å². The van der Waals surface area contributed by atoms with Gasteiger partial charge in [-0.25, -0.2) is 9.78 Å². The van der Waals surface area contributed by atoms with Crippen LogP contribution in [0.1, 0.15) is 42.6 Å². The summed E-state index contributed by atoms with van der Waals surface area (Å²) in [4.78, 5) is 29.4. The fourth-order valence-corrected chi connectivity index (χ4v) is 4.34. The number of amides is 1. The molecule has 1 atom stereocenters. The number of aromatic nitrogens is 1. The number of ether oxygens (including phenoxy) is 1. The largest absolute Gasteiger partial charge is 0.467 e. The zero-order valence-electron chi connectivity index (χ0n) is 15.0. The average molecular weight is 408 g/mol. The second-order valence-corrected chi connectivity index (χ2v) is 8.08. The van der Waals surface area contributed by atoms with Crippen molar-refractivity contribution in [3.8, 4) is 10.6 Å². The Labute approximate surface area is 167 Å². The minimum atomic E-state index is -0.678. The van der Waals surface area contributed by atoms with E-state index in [0.29, 0.717) is 15.0 Å². The number of nitrogens with zero attached hydrogens (tertiary/aromatic N) is 1. The van der Waals surface area contributed by atoms with E-state index in [1.807, 2.05) is 12.1 Å². The SMILES string of the molecule is COC(=O)[C@@H](NC(=O)c1nc(-c2ccc(Cl)cc2)sc1N)C1CCCCC1. The quantitative estimate of drug-likeness (QED) is 0.733. The maximum atomic E-state index is 12.8. The van der Waals surface area contributed by atoms with E-state index in [-0.39, 0.29) is 11.6 Å². The number of halogens is 1. The number of hydrogen-bond acceptors (Lipinski definition) is 6. The second kappa shape index (κ2) is 8.71. The molecule has 27 heavy (non-hydrogen) atoms. The van der Waals surface area contributed by atoms with Crippen LogP contribution in [0.25, 0.3) is 10.6 Å². The minimum absolute atomic E-state index is 0.0748. The summed E-state index contributed by atoms with van der Waals surface area (Å²) in [5.74, 6) is -0.808. The molecular weight excluding hydrogens is 386 g/mol. The van der Waals surface area contributed by atoms with E-state index in [2.05, 4.69) is 10.3 Å². The summed E-state index contributed by atoms with van der Waals surface area (Å²) in [6.45, 7) is 0. The summed E-state index contributed by atoms with van der Waals surface area (Å²) in [6, 6.07) is 6.47. The van der Waals surface area contributed by atoms with Gasteiger partial charge >= 0.3 is 5.97 Å². The lowest BCUT2D eigenvalue weighted by Crippen LogP contribution is -2.47. The van der Waals surface area contributed by atoms with Crippen LogP contribution < -0.4 is 11.1 Å². The van der Waals surface area contributed by atoms with Crippen molar-refractivity contribution >= 4 is 39.8 Å². The second-order valence-electron chi connectivity index (χ2n) is 6.61. The third-order valence-electron chi connectivity index (χ3n) is 4.82. The molecule has 0 spiro atoms. The number of carbonyl (C=O) groups excluding carboxylic acids is 2. The minimum Gasteiger partial charge on any atom is -0.467 e. The molecule has 0 aliphatic heterocycles. The van der Waals surface area contributed by atoms with E-state index in [1.165, 1.54) is 18.4 Å². The van der Waals surface area contributed by atoms with Gasteiger partial charge in [-0.3, -0.25) is 4.79 Å². The highest BCUT2D eigenvalue weighted by Gasteiger charge is 2.33. The molecule has 1 aromatic carbocycles. The van der Waals surface area contributed by atoms with Crippen LogP contribution in [0.4, 0.5) is 5.00 Å². The van der Waals surface area contributed by atoms with Gasteiger partial charge in [-0.15, -0.1) is 0 Å². The van der Waals surface area contributed by atoms with Crippen LogP contribution in [0.2, 0.25) is 5.02 Å². The van der Waals surface area contributed by atoms with Crippen LogP contribution in [0.3, 0.4) is 0 Å². The van der Waals surface area contributed by atoms with Crippen LogP contribution in [0.5, 0.6) is 0 Å². The number of nitrogens with one attached hydrogen (secondary N) is 1. The number of rotatable bonds is 5. The fourth-order valence-electron chi connectivity index (χ4n) is 3.38. The van der Waals surface area contributed by atoms with Crippen molar-refractivity contribution in [3.05, 3.63) is 35.0 Å². The Morgan fingerprint density at radius 3 is 2.56 bits per heavy atom. The highest BCUT2D eigenvalue weighted by atomic mass is 35.5. The number of anilines is 1. The number of esters is 1. The van der Waals surface area contributed by atoms with Gasteiger partial charge in [0.25, 0.3) is 5.91 Å². The van der Waals surface area contributed by atoms with Crippen molar-refractivity contribution < 1.29 is 14.3 Å². The molecule has 3 rings (SSSR count). The summed E-state index contributed by atoms with van der Waals surface area (Å²) in [5.41, 5.74) is 6.99. The Balaban J connectivity index is 1.79. The maximum Gasteiger partial charge on any atom is 0.328 e. The van der Waals surface area contributed by atoms with Crippen LogP contribution in [-0.4, -0.2) is 30.0 Å². The number of hydrogen-bond donors (Lipinski definition) is 2. The molecule has 6 nitrogen and oxygen atoms in total. The number of benzene rings is 1. The molecule has 1 saturated carbocycles. The van der Waals surface area contributed by atoms with Crippen molar-refractivity contribution in [3.63, 3.8) is 0 Å². The van der Waals surface area contributed by atoms with Gasteiger partial charge in [0.2, 0.25) is 0 Å². The number of nitrogens with two attached hydrogens (primary N) is 1. The van der Waals surface area contributed by atoms with Crippen molar-refractivity contribution in [1.29, 1.82) is 0 Å². The van der Waals surface area contributed by atoms with Gasteiger partial charge in [-0.2, -0.15) is 0 Å². The average Bonchev–Trinajstić information content (AvgIpc) is 3.08. The normalized spacial score (nSPS) is 15.9. The third kappa shape index (κ3) is 4.59. The smallest absolute Gasteiger partial charge is 0.328 e. The van der Waals surface area contributed by atoms with Crippen LogP contribution in [-0.2, 0) is 9.53 Å². The lowest BCUT2D eigenvalue weighted by atomic mass is 9.84. The summed E-state index contributed by atoms with van der Waals surface area (Å²) in [5, 5.41) is 4.35. The van der Waals surface area contributed by atoms with Crippen LogP contribution in [0, 0.1) is 5.92 Å². The van der Waals surface area contributed by atoms with Gasteiger partial charge in [0.05, 0.1) is 7.11 Å². The van der Waals surface area contributed by atoms with E-state index in [4.69, 9.17) is 22.1 Å². The standard InChI is InChI=1S/C19H22ClN3O3S/c1-26-19(25)14(11-5-3-2-4-6-11)22-17(24)15-16(21)27-18(23-15)12-7-9-13(20)10-8-12/h7-11,14H,2-6,21H2,1H3,(H,22,24)/t14-/m0/s1. The summed E-state index contributed by atoms with van der Waals surface area (Å²) < 4.78 is 4.90. The predicted molar refractivity (Wildman–Crippen MR) is 107 cm³/mol. The first-order chi connectivity index (χ1) is 13.0. The summed E-state index contributed by atoms with van der Waals surface area (Å²) in [7, 11) is 1.33. The van der Waals surface area contributed by atoms with Crippen molar-refractivity contribution in [2.75, 3.05) is 12.8 Å². The molecule has 1 aromatic heterocycles. The molecular formula is C19H22ClN3O3S.